The van der Waals surface area contributed by atoms with E-state index >= 15 is 0 Å². The highest BCUT2D eigenvalue weighted by atomic mass is 32.2. The van der Waals surface area contributed by atoms with E-state index in [1.54, 1.807) is 0 Å². The van der Waals surface area contributed by atoms with Crippen molar-refractivity contribution in [2.24, 2.45) is 0 Å². The summed E-state index contributed by atoms with van der Waals surface area (Å²) in [6.07, 6.45) is 0. The molecule has 5 heteroatoms. The number of oxazole rings is 1. The van der Waals surface area contributed by atoms with Crippen LogP contribution >= 0.6 is 11.8 Å². The van der Waals surface area contributed by atoms with Crippen molar-refractivity contribution in [3.05, 3.63) is 40.8 Å². The quantitative estimate of drug-likeness (QED) is 0.909. The molecule has 110 valence electrons. The lowest BCUT2D eigenvalue weighted by molar-refractivity contribution is 0.431. The molecule has 21 heavy (non-hydrogen) atoms. The molecule has 1 aromatic carbocycles. The third kappa shape index (κ3) is 4.10. The number of nitrogens with one attached hydrogen (secondary N) is 1. The standard InChI is InChI=1S/C16H19N3OS/c1-10(2)18-9-13-5-6-15(14(7-13)8-17)21-16-19-11(3)12(4)20-16/h5-7,10,18H,9H2,1-4H3. The van der Waals surface area contributed by atoms with Crippen LogP contribution < -0.4 is 5.32 Å². The average molecular weight is 301 g/mol. The van der Waals surface area contributed by atoms with Gasteiger partial charge in [0, 0.05) is 17.5 Å². The third-order valence-corrected chi connectivity index (χ3v) is 4.01. The fraction of sp³-hybridized carbons (Fsp3) is 0.375. The van der Waals surface area contributed by atoms with Gasteiger partial charge in [-0.3, -0.25) is 0 Å². The third-order valence-electron chi connectivity index (χ3n) is 3.09. The molecule has 0 bridgehead atoms. The summed E-state index contributed by atoms with van der Waals surface area (Å²) in [5.74, 6) is 0.814. The van der Waals surface area contributed by atoms with Crippen LogP contribution in [0.15, 0.2) is 32.7 Å². The van der Waals surface area contributed by atoms with Gasteiger partial charge in [-0.15, -0.1) is 0 Å². The second-order valence-electron chi connectivity index (χ2n) is 5.20. The van der Waals surface area contributed by atoms with Crippen LogP contribution in [0, 0.1) is 25.2 Å². The van der Waals surface area contributed by atoms with Crippen LogP contribution in [-0.2, 0) is 6.54 Å². The molecule has 0 spiro atoms. The predicted octanol–water partition coefficient (Wildman–Crippen LogP) is 3.81. The Labute approximate surface area is 129 Å². The summed E-state index contributed by atoms with van der Waals surface area (Å²) in [5.41, 5.74) is 2.63. The molecule has 0 saturated carbocycles. The van der Waals surface area contributed by atoms with E-state index in [1.165, 1.54) is 11.8 Å². The Hall–Kier alpha value is -1.77. The van der Waals surface area contributed by atoms with Crippen molar-refractivity contribution in [2.75, 3.05) is 0 Å². The van der Waals surface area contributed by atoms with E-state index in [1.807, 2.05) is 32.0 Å². The van der Waals surface area contributed by atoms with Crippen LogP contribution in [0.5, 0.6) is 0 Å². The molecule has 0 radical (unpaired) electrons. The normalized spacial score (nSPS) is 10.9. The van der Waals surface area contributed by atoms with Crippen LogP contribution in [-0.4, -0.2) is 11.0 Å². The zero-order chi connectivity index (χ0) is 15.4. The van der Waals surface area contributed by atoms with E-state index in [0.29, 0.717) is 16.8 Å². The molecule has 0 atom stereocenters. The Bertz CT molecular complexity index is 651. The first-order valence-corrected chi connectivity index (χ1v) is 7.69. The molecule has 0 unspecified atom stereocenters. The minimum atomic E-state index is 0.419. The zero-order valence-corrected chi connectivity index (χ0v) is 13.5. The SMILES string of the molecule is Cc1nc(Sc2ccc(CNC(C)C)cc2C#N)oc1C. The lowest BCUT2D eigenvalue weighted by atomic mass is 10.1. The van der Waals surface area contributed by atoms with Gasteiger partial charge in [-0.05, 0) is 43.3 Å². The summed E-state index contributed by atoms with van der Waals surface area (Å²) in [7, 11) is 0. The molecule has 2 aromatic rings. The molecule has 2 rings (SSSR count). The maximum atomic E-state index is 9.32. The molecule has 4 nitrogen and oxygen atoms in total. The van der Waals surface area contributed by atoms with Gasteiger partial charge >= 0.3 is 0 Å². The van der Waals surface area contributed by atoms with Gasteiger partial charge in [0.15, 0.2) is 0 Å². The van der Waals surface area contributed by atoms with E-state index in [4.69, 9.17) is 4.42 Å². The second kappa shape index (κ2) is 6.79. The Balaban J connectivity index is 2.18. The summed E-state index contributed by atoms with van der Waals surface area (Å²) >= 11 is 1.39. The Morgan fingerprint density at radius 1 is 1.38 bits per heavy atom. The van der Waals surface area contributed by atoms with Gasteiger partial charge in [-0.2, -0.15) is 5.26 Å². The fourth-order valence-corrected chi connectivity index (χ4v) is 2.65. The first-order chi connectivity index (χ1) is 9.99. The van der Waals surface area contributed by atoms with Gasteiger partial charge in [0.05, 0.1) is 11.3 Å². The van der Waals surface area contributed by atoms with Crippen LogP contribution in [0.2, 0.25) is 0 Å². The van der Waals surface area contributed by atoms with Crippen LogP contribution in [0.25, 0.3) is 0 Å². The molecule has 0 aliphatic carbocycles. The predicted molar refractivity (Wildman–Crippen MR) is 83.2 cm³/mol. The molecule has 0 saturated heterocycles. The summed E-state index contributed by atoms with van der Waals surface area (Å²) in [5, 5.41) is 13.2. The maximum absolute atomic E-state index is 9.32. The second-order valence-corrected chi connectivity index (χ2v) is 6.19. The van der Waals surface area contributed by atoms with Crippen molar-refractivity contribution in [1.82, 2.24) is 10.3 Å². The van der Waals surface area contributed by atoms with Gasteiger partial charge in [-0.25, -0.2) is 4.98 Å². The van der Waals surface area contributed by atoms with Gasteiger partial charge in [0.25, 0.3) is 5.22 Å². The Kier molecular flexibility index (Phi) is 5.05. The minimum absolute atomic E-state index is 0.419. The van der Waals surface area contributed by atoms with Crippen molar-refractivity contribution in [3.8, 4) is 6.07 Å². The first kappa shape index (κ1) is 15.6. The molecule has 0 fully saturated rings. The van der Waals surface area contributed by atoms with Gasteiger partial charge in [0.2, 0.25) is 0 Å². The average Bonchev–Trinajstić information content (AvgIpc) is 2.76. The van der Waals surface area contributed by atoms with E-state index in [2.05, 4.69) is 30.2 Å². The Morgan fingerprint density at radius 3 is 2.71 bits per heavy atom. The summed E-state index contributed by atoms with van der Waals surface area (Å²) in [6.45, 7) is 8.76. The van der Waals surface area contributed by atoms with Crippen LogP contribution in [0.4, 0.5) is 0 Å². The molecule has 0 amide bonds. The van der Waals surface area contributed by atoms with E-state index in [9.17, 15) is 5.26 Å². The van der Waals surface area contributed by atoms with Crippen LogP contribution in [0.1, 0.15) is 36.4 Å². The molecular formula is C16H19N3OS. The molecule has 0 aliphatic rings. The monoisotopic (exact) mass is 301 g/mol. The molecule has 1 aromatic heterocycles. The van der Waals surface area contributed by atoms with E-state index < -0.39 is 0 Å². The maximum Gasteiger partial charge on any atom is 0.261 e. The van der Waals surface area contributed by atoms with Crippen molar-refractivity contribution >= 4 is 11.8 Å². The summed E-state index contributed by atoms with van der Waals surface area (Å²) < 4.78 is 5.56. The van der Waals surface area contributed by atoms with E-state index in [0.717, 1.165) is 28.5 Å². The lowest BCUT2D eigenvalue weighted by Gasteiger charge is -2.09. The largest absolute Gasteiger partial charge is 0.436 e. The molecule has 0 aliphatic heterocycles. The van der Waals surface area contributed by atoms with Crippen molar-refractivity contribution in [3.63, 3.8) is 0 Å². The van der Waals surface area contributed by atoms with Crippen LogP contribution in [0.3, 0.4) is 0 Å². The molecule has 1 heterocycles. The summed E-state index contributed by atoms with van der Waals surface area (Å²) in [6, 6.07) is 8.57. The lowest BCUT2D eigenvalue weighted by Crippen LogP contribution is -2.21. The number of nitrogens with zero attached hydrogens (tertiary/aromatic N) is 2. The van der Waals surface area contributed by atoms with Crippen molar-refractivity contribution in [2.45, 2.75) is 50.4 Å². The topological polar surface area (TPSA) is 61.9 Å². The number of rotatable bonds is 5. The zero-order valence-electron chi connectivity index (χ0n) is 12.7. The van der Waals surface area contributed by atoms with Gasteiger partial charge in [-0.1, -0.05) is 19.9 Å². The van der Waals surface area contributed by atoms with Crippen molar-refractivity contribution in [1.29, 1.82) is 5.26 Å². The number of hydrogen-bond donors (Lipinski definition) is 1. The number of hydrogen-bond acceptors (Lipinski definition) is 5. The minimum Gasteiger partial charge on any atom is -0.436 e. The molecule has 1 N–H and O–H groups in total. The highest BCUT2D eigenvalue weighted by Crippen LogP contribution is 2.31. The summed E-state index contributed by atoms with van der Waals surface area (Å²) in [4.78, 5) is 5.21. The van der Waals surface area contributed by atoms with Crippen molar-refractivity contribution < 1.29 is 4.42 Å². The number of benzene rings is 1. The van der Waals surface area contributed by atoms with E-state index in [-0.39, 0.29) is 0 Å². The first-order valence-electron chi connectivity index (χ1n) is 6.88. The van der Waals surface area contributed by atoms with Gasteiger partial charge < -0.3 is 9.73 Å². The number of nitriles is 1. The number of aromatic nitrogens is 1. The smallest absolute Gasteiger partial charge is 0.261 e. The highest BCUT2D eigenvalue weighted by Gasteiger charge is 2.11. The highest BCUT2D eigenvalue weighted by molar-refractivity contribution is 7.99. The van der Waals surface area contributed by atoms with Gasteiger partial charge in [0.1, 0.15) is 11.8 Å². The fourth-order valence-electron chi connectivity index (χ4n) is 1.77. The molecular weight excluding hydrogens is 282 g/mol. The number of aryl methyl sites for hydroxylation is 2. The Morgan fingerprint density at radius 2 is 2.14 bits per heavy atom.